The Kier molecular flexibility index (Phi) is 22.0. The molecule has 0 fully saturated rings. The number of rotatable bonds is 15. The molecule has 24 heteroatoms. The molecule has 3 unspecified atom stereocenters. The number of carbonyl (C=O) groups is 3. The van der Waals surface area contributed by atoms with E-state index < -0.39 is 34.7 Å². The molecule has 90 heavy (non-hydrogen) atoms. The van der Waals surface area contributed by atoms with Crippen molar-refractivity contribution < 1.29 is 43.9 Å². The van der Waals surface area contributed by atoms with E-state index in [0.29, 0.717) is 99.2 Å². The smallest absolute Gasteiger partial charge is 0.352 e. The highest BCUT2D eigenvalue weighted by molar-refractivity contribution is 9.11. The fourth-order valence-electron chi connectivity index (χ4n) is 8.74. The molecule has 462 valence electrons. The average Bonchev–Trinajstić information content (AvgIpc) is 1.33. The van der Waals surface area contributed by atoms with Gasteiger partial charge in [0.15, 0.2) is 0 Å². The molecule has 0 aliphatic rings. The minimum Gasteiger partial charge on any atom is -0.478 e. The van der Waals surface area contributed by atoms with Gasteiger partial charge in [0.25, 0.3) is 0 Å². The Labute approximate surface area is 557 Å². The number of carboxylic acid groups (broad SMARTS) is 3. The van der Waals surface area contributed by atoms with E-state index in [-0.39, 0.29) is 22.3 Å². The van der Waals surface area contributed by atoms with Crippen molar-refractivity contribution in [1.29, 1.82) is 0 Å². The second kappa shape index (κ2) is 28.8. The summed E-state index contributed by atoms with van der Waals surface area (Å²) < 4.78 is 20.7. The lowest BCUT2D eigenvalue weighted by molar-refractivity contribution is -0.155. The van der Waals surface area contributed by atoms with Crippen LogP contribution in [0.3, 0.4) is 0 Å². The molecule has 3 heterocycles. The van der Waals surface area contributed by atoms with Crippen LogP contribution in [0.25, 0.3) is 50.2 Å². The van der Waals surface area contributed by atoms with Gasteiger partial charge >= 0.3 is 17.9 Å². The van der Waals surface area contributed by atoms with E-state index in [1.165, 1.54) is 35.2 Å². The lowest BCUT2D eigenvalue weighted by atomic mass is 9.96. The molecule has 0 saturated heterocycles. The molecule has 0 saturated carbocycles. The van der Waals surface area contributed by atoms with Gasteiger partial charge < -0.3 is 29.5 Å². The fourth-order valence-corrected chi connectivity index (χ4v) is 10.0. The van der Waals surface area contributed by atoms with Gasteiger partial charge in [0.1, 0.15) is 67.4 Å². The number of hydrogen-bond acceptors (Lipinski definition) is 12. The van der Waals surface area contributed by atoms with Crippen LogP contribution in [-0.2, 0) is 31.2 Å². The normalized spacial score (nSPS) is 12.8. The highest BCUT2D eigenvalue weighted by Gasteiger charge is 2.41. The van der Waals surface area contributed by atoms with Crippen LogP contribution in [0.5, 0.6) is 17.2 Å². The summed E-state index contributed by atoms with van der Waals surface area (Å²) in [5.41, 5.74) is 2.13. The first-order valence-corrected chi connectivity index (χ1v) is 29.5. The average molecular weight is 1470 g/mol. The van der Waals surface area contributed by atoms with Gasteiger partial charge in [0, 0.05) is 45.2 Å². The van der Waals surface area contributed by atoms with Crippen LogP contribution in [0.2, 0.25) is 15.1 Å². The molecule has 18 nitrogen and oxygen atoms in total. The van der Waals surface area contributed by atoms with Crippen molar-refractivity contribution in [2.45, 2.75) is 59.9 Å². The van der Waals surface area contributed by atoms with E-state index in [9.17, 15) is 29.7 Å². The number of carboxylic acids is 3. The number of aromatic nitrogens is 9. The molecular formula is C66H57Br3Cl3N9O9. The molecule has 3 N–H and O–H groups in total. The first kappa shape index (κ1) is 68.8. The number of benzene rings is 9. The van der Waals surface area contributed by atoms with Gasteiger partial charge in [0.05, 0.1) is 0 Å². The molecule has 0 spiro atoms. The summed E-state index contributed by atoms with van der Waals surface area (Å²) in [6, 6.07) is 57.7. The molecule has 9 aromatic carbocycles. The van der Waals surface area contributed by atoms with Gasteiger partial charge in [-0.25, -0.2) is 14.4 Å². The summed E-state index contributed by atoms with van der Waals surface area (Å²) in [6.45, 7) is 4.51. The molecule has 3 atom stereocenters. The first-order valence-electron chi connectivity index (χ1n) is 26.0. The number of nitrogens with zero attached hydrogens (tertiary/aromatic N) is 9. The standard InChI is InChI=1S/3C21H15BrClN3O3.3CH4/c3*1-21(20(27)28,13-6-8-14(22)9-7-13)29-19-11-10-15(23)12-18(19)26-24-16-4-2-3-5-17(16)25-26;;;/h3*2-12H,1H3,(H,27,28);3*1H4. The molecule has 0 radical (unpaired) electrons. The Hall–Kier alpha value is -8.70. The maximum absolute atomic E-state index is 12.2. The zero-order valence-electron chi connectivity index (χ0n) is 45.6. The molecule has 12 rings (SSSR count). The minimum atomic E-state index is -1.63. The van der Waals surface area contributed by atoms with Crippen molar-refractivity contribution >= 4 is 134 Å². The van der Waals surface area contributed by atoms with Crippen LogP contribution in [0.1, 0.15) is 59.7 Å². The second-order valence-corrected chi connectivity index (χ2v) is 23.7. The van der Waals surface area contributed by atoms with Gasteiger partial charge in [-0.15, -0.1) is 45.0 Å². The molecular weight excluding hydrogens is 1410 g/mol. The van der Waals surface area contributed by atoms with Crippen molar-refractivity contribution in [2.24, 2.45) is 0 Å². The number of hydrogen-bond donors (Lipinski definition) is 3. The Balaban J connectivity index is 0.000000189. The van der Waals surface area contributed by atoms with Crippen molar-refractivity contribution in [2.75, 3.05) is 0 Å². The third-order valence-electron chi connectivity index (χ3n) is 13.6. The zero-order valence-corrected chi connectivity index (χ0v) is 52.7. The summed E-state index contributed by atoms with van der Waals surface area (Å²) in [4.78, 5) is 40.7. The lowest BCUT2D eigenvalue weighted by Crippen LogP contribution is -2.38. The highest BCUT2D eigenvalue weighted by atomic mass is 79.9. The second-order valence-electron chi connectivity index (χ2n) is 19.6. The first-order chi connectivity index (χ1) is 41.6. The van der Waals surface area contributed by atoms with Gasteiger partial charge in [-0.1, -0.05) is 178 Å². The largest absolute Gasteiger partial charge is 0.478 e. The van der Waals surface area contributed by atoms with Gasteiger partial charge in [-0.05, 0) is 148 Å². The maximum atomic E-state index is 12.2. The fraction of sp³-hybridized carbons (Fsp3) is 0.136. The van der Waals surface area contributed by atoms with E-state index in [1.54, 1.807) is 127 Å². The van der Waals surface area contributed by atoms with Crippen LogP contribution in [0.15, 0.2) is 214 Å². The van der Waals surface area contributed by atoms with Crippen molar-refractivity contribution in [3.63, 3.8) is 0 Å². The summed E-state index contributed by atoms with van der Waals surface area (Å²) in [7, 11) is 0. The molecule has 0 amide bonds. The van der Waals surface area contributed by atoms with Crippen LogP contribution in [-0.4, -0.2) is 78.2 Å². The van der Waals surface area contributed by atoms with Crippen LogP contribution in [0, 0.1) is 0 Å². The third kappa shape index (κ3) is 15.0. The topological polar surface area (TPSA) is 232 Å². The summed E-state index contributed by atoms with van der Waals surface area (Å²) in [6.07, 6.45) is 0. The monoisotopic (exact) mass is 1460 g/mol. The molecule has 3 aromatic heterocycles. The number of aliphatic carboxylic acids is 3. The molecule has 0 aliphatic carbocycles. The Morgan fingerprint density at radius 2 is 0.556 bits per heavy atom. The summed E-state index contributed by atoms with van der Waals surface area (Å²) >= 11 is 28.6. The van der Waals surface area contributed by atoms with Gasteiger partial charge in [-0.2, -0.15) is 0 Å². The molecule has 0 bridgehead atoms. The number of fused-ring (bicyclic) bond motifs is 3. The SMILES string of the molecule is C.C.C.CC(Oc1ccc(Cl)cc1-n1nc2ccccc2n1)(C(=O)O)c1ccc(Br)cc1.CC(Oc1ccc(Cl)cc1-n1nc2ccccc2n1)(C(=O)O)c1ccc(Br)cc1.CC(Oc1ccc(Cl)cc1-n1nc2ccccc2n1)(C(=O)O)c1ccc(Br)cc1. The number of ether oxygens (including phenoxy) is 3. The predicted molar refractivity (Wildman–Crippen MR) is 361 cm³/mol. The van der Waals surface area contributed by atoms with E-state index in [1.807, 2.05) is 72.8 Å². The zero-order chi connectivity index (χ0) is 61.8. The minimum absolute atomic E-state index is 0. The van der Waals surface area contributed by atoms with E-state index in [2.05, 4.69) is 78.4 Å². The van der Waals surface area contributed by atoms with Gasteiger partial charge in [0.2, 0.25) is 16.8 Å². The van der Waals surface area contributed by atoms with Crippen LogP contribution < -0.4 is 14.2 Å². The Morgan fingerprint density at radius 3 is 0.744 bits per heavy atom. The summed E-state index contributed by atoms with van der Waals surface area (Å²) in [5, 5.41) is 57.9. The molecule has 12 aromatic rings. The van der Waals surface area contributed by atoms with E-state index >= 15 is 0 Å². The van der Waals surface area contributed by atoms with Crippen molar-refractivity contribution in [1.82, 2.24) is 45.0 Å². The Morgan fingerprint density at radius 1 is 0.356 bits per heavy atom. The van der Waals surface area contributed by atoms with Crippen LogP contribution >= 0.6 is 82.6 Å². The lowest BCUT2D eigenvalue weighted by Gasteiger charge is -2.28. The van der Waals surface area contributed by atoms with Gasteiger partial charge in [-0.3, -0.25) is 0 Å². The van der Waals surface area contributed by atoms with E-state index in [4.69, 9.17) is 49.0 Å². The Bertz CT molecular complexity index is 3980. The highest BCUT2D eigenvalue weighted by Crippen LogP contribution is 2.38. The quantitative estimate of drug-likeness (QED) is 0.0866. The molecule has 0 aliphatic heterocycles. The van der Waals surface area contributed by atoms with Crippen molar-refractivity contribution in [3.05, 3.63) is 245 Å². The predicted octanol–water partition coefficient (Wildman–Crippen LogP) is 17.6. The summed E-state index contributed by atoms with van der Waals surface area (Å²) in [5.74, 6) is -2.49. The number of halogens is 6. The van der Waals surface area contributed by atoms with Crippen LogP contribution in [0.4, 0.5) is 0 Å². The van der Waals surface area contributed by atoms with Crippen molar-refractivity contribution in [3.8, 4) is 34.3 Å². The van der Waals surface area contributed by atoms with E-state index in [0.717, 1.165) is 13.4 Å². The third-order valence-corrected chi connectivity index (χ3v) is 15.9. The maximum Gasteiger partial charge on any atom is 0.352 e.